The number of carbonyl (C=O) groups excluding carboxylic acids is 2. The van der Waals surface area contributed by atoms with Crippen molar-refractivity contribution in [2.24, 2.45) is 0 Å². The third kappa shape index (κ3) is 4.67. The Morgan fingerprint density at radius 1 is 0.607 bits per heavy atom. The minimum Gasteiger partial charge on any atom is -0.308 e. The van der Waals surface area contributed by atoms with Crippen LogP contribution in [0.1, 0.15) is 0 Å². The predicted molar refractivity (Wildman–Crippen MR) is 114 cm³/mol. The molecule has 0 radical (unpaired) electrons. The molecule has 3 aromatic carbocycles. The van der Waals surface area contributed by atoms with Gasteiger partial charge in [-0.3, -0.25) is 9.80 Å². The molecule has 0 heterocycles. The summed E-state index contributed by atoms with van der Waals surface area (Å²) in [5, 5.41) is 5.68. The maximum absolute atomic E-state index is 12.5. The Labute approximate surface area is 164 Å². The zero-order chi connectivity index (χ0) is 19.9. The van der Waals surface area contributed by atoms with Gasteiger partial charge in [-0.05, 0) is 42.5 Å². The highest BCUT2D eigenvalue weighted by atomic mass is 16.2. The molecular formula is C22H22N4O2. The number of benzene rings is 3. The zero-order valence-corrected chi connectivity index (χ0v) is 15.8. The highest BCUT2D eigenvalue weighted by Crippen LogP contribution is 2.22. The highest BCUT2D eigenvalue weighted by molar-refractivity contribution is 6.03. The van der Waals surface area contributed by atoms with E-state index in [1.54, 1.807) is 20.2 Å². The van der Waals surface area contributed by atoms with E-state index in [2.05, 4.69) is 10.6 Å². The topological polar surface area (TPSA) is 64.7 Å². The standard InChI is InChI=1S/C22H22N4O2/c1-25(21(27)23-17-10-5-3-6-11-17)19-14-9-15-20(16-19)26(2)22(28)24-18-12-7-4-8-13-18/h3-16H,1-2H3,(H,23,27)(H,24,28). The van der Waals surface area contributed by atoms with Gasteiger partial charge in [0.1, 0.15) is 0 Å². The van der Waals surface area contributed by atoms with Crippen molar-refractivity contribution in [1.29, 1.82) is 0 Å². The highest BCUT2D eigenvalue weighted by Gasteiger charge is 2.15. The minimum atomic E-state index is -0.264. The summed E-state index contributed by atoms with van der Waals surface area (Å²) in [5.74, 6) is 0. The van der Waals surface area contributed by atoms with Crippen molar-refractivity contribution in [1.82, 2.24) is 0 Å². The first-order chi connectivity index (χ1) is 13.5. The maximum Gasteiger partial charge on any atom is 0.326 e. The van der Waals surface area contributed by atoms with Crippen LogP contribution in [0.5, 0.6) is 0 Å². The van der Waals surface area contributed by atoms with Crippen molar-refractivity contribution in [3.8, 4) is 0 Å². The maximum atomic E-state index is 12.5. The van der Waals surface area contributed by atoms with E-state index in [1.165, 1.54) is 9.80 Å². The van der Waals surface area contributed by atoms with Crippen LogP contribution in [0.4, 0.5) is 32.3 Å². The summed E-state index contributed by atoms with van der Waals surface area (Å²) >= 11 is 0. The van der Waals surface area contributed by atoms with Gasteiger partial charge in [-0.25, -0.2) is 9.59 Å². The van der Waals surface area contributed by atoms with Gasteiger partial charge < -0.3 is 10.6 Å². The van der Waals surface area contributed by atoms with E-state index in [0.717, 1.165) is 11.4 Å². The van der Waals surface area contributed by atoms with E-state index < -0.39 is 0 Å². The quantitative estimate of drug-likeness (QED) is 0.673. The molecule has 0 fully saturated rings. The van der Waals surface area contributed by atoms with Crippen molar-refractivity contribution in [3.63, 3.8) is 0 Å². The number of anilines is 4. The molecule has 28 heavy (non-hydrogen) atoms. The van der Waals surface area contributed by atoms with Crippen LogP contribution in [0.25, 0.3) is 0 Å². The van der Waals surface area contributed by atoms with Crippen LogP contribution < -0.4 is 20.4 Å². The third-order valence-electron chi connectivity index (χ3n) is 4.26. The lowest BCUT2D eigenvalue weighted by Crippen LogP contribution is -2.33. The molecule has 6 nitrogen and oxygen atoms in total. The first kappa shape index (κ1) is 19.0. The molecule has 0 unspecified atom stereocenters. The summed E-state index contributed by atoms with van der Waals surface area (Å²) in [6.45, 7) is 0. The summed E-state index contributed by atoms with van der Waals surface area (Å²) in [5.41, 5.74) is 2.78. The lowest BCUT2D eigenvalue weighted by atomic mass is 10.2. The van der Waals surface area contributed by atoms with E-state index in [-0.39, 0.29) is 12.1 Å². The molecule has 6 heteroatoms. The average Bonchev–Trinajstić information content (AvgIpc) is 2.74. The smallest absolute Gasteiger partial charge is 0.308 e. The fraction of sp³-hybridized carbons (Fsp3) is 0.0909. The van der Waals surface area contributed by atoms with E-state index in [4.69, 9.17) is 0 Å². The van der Waals surface area contributed by atoms with Crippen molar-refractivity contribution < 1.29 is 9.59 Å². The monoisotopic (exact) mass is 374 g/mol. The molecule has 3 rings (SSSR count). The first-order valence-electron chi connectivity index (χ1n) is 8.84. The van der Waals surface area contributed by atoms with E-state index in [1.807, 2.05) is 78.9 Å². The fourth-order valence-electron chi connectivity index (χ4n) is 2.60. The van der Waals surface area contributed by atoms with Crippen LogP contribution in [0.2, 0.25) is 0 Å². The van der Waals surface area contributed by atoms with Crippen molar-refractivity contribution in [2.75, 3.05) is 34.5 Å². The van der Waals surface area contributed by atoms with Crippen LogP contribution >= 0.6 is 0 Å². The van der Waals surface area contributed by atoms with E-state index >= 15 is 0 Å². The van der Waals surface area contributed by atoms with Gasteiger partial charge in [0.15, 0.2) is 0 Å². The Balaban J connectivity index is 1.70. The van der Waals surface area contributed by atoms with Gasteiger partial charge in [0.25, 0.3) is 0 Å². The van der Waals surface area contributed by atoms with Gasteiger partial charge in [0.05, 0.1) is 0 Å². The first-order valence-corrected chi connectivity index (χ1v) is 8.84. The molecular weight excluding hydrogens is 352 g/mol. The van der Waals surface area contributed by atoms with Crippen molar-refractivity contribution in [2.45, 2.75) is 0 Å². The van der Waals surface area contributed by atoms with E-state index in [0.29, 0.717) is 11.4 Å². The summed E-state index contributed by atoms with van der Waals surface area (Å²) in [6.07, 6.45) is 0. The van der Waals surface area contributed by atoms with Crippen molar-refractivity contribution in [3.05, 3.63) is 84.9 Å². The summed E-state index contributed by atoms with van der Waals surface area (Å²) in [6, 6.07) is 25.2. The molecule has 4 amide bonds. The second kappa shape index (κ2) is 8.73. The summed E-state index contributed by atoms with van der Waals surface area (Å²) < 4.78 is 0. The lowest BCUT2D eigenvalue weighted by molar-refractivity contribution is 0.257. The number of para-hydroxylation sites is 2. The van der Waals surface area contributed by atoms with Crippen LogP contribution in [-0.2, 0) is 0 Å². The Morgan fingerprint density at radius 3 is 1.39 bits per heavy atom. The molecule has 0 saturated carbocycles. The number of nitrogens with one attached hydrogen (secondary N) is 2. The molecule has 0 aromatic heterocycles. The number of rotatable bonds is 4. The number of hydrogen-bond donors (Lipinski definition) is 2. The van der Waals surface area contributed by atoms with Gasteiger partial charge in [-0.15, -0.1) is 0 Å². The fourth-order valence-corrected chi connectivity index (χ4v) is 2.60. The second-order valence-corrected chi connectivity index (χ2v) is 6.23. The number of carbonyl (C=O) groups is 2. The molecule has 0 aliphatic rings. The van der Waals surface area contributed by atoms with Crippen molar-refractivity contribution >= 4 is 34.8 Å². The van der Waals surface area contributed by atoms with Crippen LogP contribution in [0.3, 0.4) is 0 Å². The Bertz CT molecular complexity index is 870. The summed E-state index contributed by atoms with van der Waals surface area (Å²) in [4.78, 5) is 28.0. The molecule has 0 saturated heterocycles. The SMILES string of the molecule is CN(C(=O)Nc1ccccc1)c1cccc(N(C)C(=O)Nc2ccccc2)c1. The molecule has 0 atom stereocenters. The van der Waals surface area contributed by atoms with Crippen LogP contribution in [0.15, 0.2) is 84.9 Å². The molecule has 0 aliphatic carbocycles. The van der Waals surface area contributed by atoms with Crippen LogP contribution in [-0.4, -0.2) is 26.2 Å². The third-order valence-corrected chi connectivity index (χ3v) is 4.26. The van der Waals surface area contributed by atoms with Gasteiger partial charge >= 0.3 is 12.1 Å². The van der Waals surface area contributed by atoms with E-state index in [9.17, 15) is 9.59 Å². The molecule has 0 bridgehead atoms. The lowest BCUT2D eigenvalue weighted by Gasteiger charge is -2.22. The number of urea groups is 2. The van der Waals surface area contributed by atoms with Crippen LogP contribution in [0, 0.1) is 0 Å². The average molecular weight is 374 g/mol. The normalized spacial score (nSPS) is 10.1. The predicted octanol–water partition coefficient (Wildman–Crippen LogP) is 5.02. The molecule has 142 valence electrons. The van der Waals surface area contributed by atoms with Gasteiger partial charge in [-0.1, -0.05) is 42.5 Å². The minimum absolute atomic E-state index is 0.264. The molecule has 2 N–H and O–H groups in total. The van der Waals surface area contributed by atoms with Gasteiger partial charge in [0.2, 0.25) is 0 Å². The number of hydrogen-bond acceptors (Lipinski definition) is 2. The molecule has 0 spiro atoms. The zero-order valence-electron chi connectivity index (χ0n) is 15.8. The second-order valence-electron chi connectivity index (χ2n) is 6.23. The molecule has 3 aromatic rings. The molecule has 0 aliphatic heterocycles. The van der Waals surface area contributed by atoms with Gasteiger partial charge in [0, 0.05) is 36.8 Å². The number of nitrogens with zero attached hydrogens (tertiary/aromatic N) is 2. The largest absolute Gasteiger partial charge is 0.326 e. The van der Waals surface area contributed by atoms with Gasteiger partial charge in [-0.2, -0.15) is 0 Å². The number of amides is 4. The Morgan fingerprint density at radius 2 is 1.00 bits per heavy atom. The summed E-state index contributed by atoms with van der Waals surface area (Å²) in [7, 11) is 3.36. The Kier molecular flexibility index (Phi) is 5.91. The Hall–Kier alpha value is -3.80.